The Labute approximate surface area is 99.5 Å². The van der Waals surface area contributed by atoms with Crippen LogP contribution in [0.2, 0.25) is 0 Å². The van der Waals surface area contributed by atoms with E-state index in [1.54, 1.807) is 20.1 Å². The molecule has 0 saturated carbocycles. The lowest BCUT2D eigenvalue weighted by Crippen LogP contribution is -2.30. The van der Waals surface area contributed by atoms with Crippen molar-refractivity contribution in [2.75, 3.05) is 6.61 Å². The molecule has 0 bridgehead atoms. The summed E-state index contributed by atoms with van der Waals surface area (Å²) in [5.41, 5.74) is 0.822. The van der Waals surface area contributed by atoms with Gasteiger partial charge in [0.1, 0.15) is 11.7 Å². The molecule has 2 rings (SSSR count). The molecule has 17 heavy (non-hydrogen) atoms. The van der Waals surface area contributed by atoms with Crippen molar-refractivity contribution in [3.05, 3.63) is 16.9 Å². The third kappa shape index (κ3) is 2.52. The van der Waals surface area contributed by atoms with Crippen LogP contribution in [0, 0.1) is 0 Å². The molecule has 0 spiro atoms. The van der Waals surface area contributed by atoms with Crippen LogP contribution >= 0.6 is 0 Å². The highest BCUT2D eigenvalue weighted by Crippen LogP contribution is 2.08. The molecule has 92 valence electrons. The molecule has 4 heteroatoms. The zero-order valence-corrected chi connectivity index (χ0v) is 10.1. The smallest absolute Gasteiger partial charge is 0.347 e. The molecule has 0 N–H and O–H groups in total. The third-order valence-electron chi connectivity index (χ3n) is 2.59. The highest BCUT2D eigenvalue weighted by Gasteiger charge is 2.17. The molecular weight excluding hydrogens is 220 g/mol. The van der Waals surface area contributed by atoms with Gasteiger partial charge in [0.2, 0.25) is 0 Å². The fraction of sp³-hybridized carbons (Fsp3) is 0.462. The predicted octanol–water partition coefficient (Wildman–Crippen LogP) is 0.965. The normalized spacial score (nSPS) is 15.2. The lowest BCUT2D eigenvalue weighted by molar-refractivity contribution is -0.150. The molecule has 0 aromatic carbocycles. The number of furan rings is 1. The fourth-order valence-corrected chi connectivity index (χ4v) is 1.76. The van der Waals surface area contributed by atoms with Crippen LogP contribution < -0.4 is 15.4 Å². The van der Waals surface area contributed by atoms with Gasteiger partial charge in [-0.2, -0.15) is 0 Å². The van der Waals surface area contributed by atoms with Crippen LogP contribution in [0.25, 0.3) is 12.2 Å². The minimum absolute atomic E-state index is 0.357. The van der Waals surface area contributed by atoms with Crippen LogP contribution in [-0.4, -0.2) is 18.7 Å². The minimum atomic E-state index is -0.619. The quantitative estimate of drug-likeness (QED) is 0.731. The molecular formula is C13H16O4. The Morgan fingerprint density at radius 1 is 1.47 bits per heavy atom. The summed E-state index contributed by atoms with van der Waals surface area (Å²) in [5.74, 6) is 0.249. The number of fused-ring (bicyclic) bond motifs is 1. The summed E-state index contributed by atoms with van der Waals surface area (Å²) in [5, 5.41) is 0.937. The lowest BCUT2D eigenvalue weighted by atomic mass is 10.2. The summed E-state index contributed by atoms with van der Waals surface area (Å²) in [6.07, 6.45) is 6.96. The topological polar surface area (TPSA) is 48.7 Å². The number of carbonyl (C=O) groups excluding carboxylic acids is 1. The molecule has 1 heterocycles. The molecule has 1 aliphatic rings. The SMILES string of the molecule is CCOC(=O)C(C)Oc1coc2c1=CCCC=2. The van der Waals surface area contributed by atoms with E-state index in [1.165, 1.54) is 0 Å². The molecule has 1 aromatic rings. The Balaban J connectivity index is 2.15. The highest BCUT2D eigenvalue weighted by molar-refractivity contribution is 5.74. The van der Waals surface area contributed by atoms with Gasteiger partial charge in [-0.15, -0.1) is 0 Å². The van der Waals surface area contributed by atoms with E-state index in [1.807, 2.05) is 6.08 Å². The largest absolute Gasteiger partial charge is 0.475 e. The average Bonchev–Trinajstić information content (AvgIpc) is 2.73. The fourth-order valence-electron chi connectivity index (χ4n) is 1.76. The van der Waals surface area contributed by atoms with Crippen molar-refractivity contribution in [3.8, 4) is 5.75 Å². The van der Waals surface area contributed by atoms with Crippen molar-refractivity contribution < 1.29 is 18.7 Å². The van der Waals surface area contributed by atoms with Gasteiger partial charge >= 0.3 is 5.97 Å². The van der Waals surface area contributed by atoms with Crippen LogP contribution in [0.5, 0.6) is 5.75 Å². The van der Waals surface area contributed by atoms with Crippen LogP contribution in [0.3, 0.4) is 0 Å². The van der Waals surface area contributed by atoms with Gasteiger partial charge in [-0.05, 0) is 32.8 Å². The standard InChI is InChI=1S/C13H16O4/c1-3-15-13(14)9(2)17-12-8-16-11-7-5-4-6-10(11)12/h6-9H,3-5H2,1-2H3. The van der Waals surface area contributed by atoms with Gasteiger partial charge in [0.25, 0.3) is 0 Å². The summed E-state index contributed by atoms with van der Waals surface area (Å²) < 4.78 is 15.8. The van der Waals surface area contributed by atoms with Gasteiger partial charge in [0.15, 0.2) is 11.9 Å². The summed E-state index contributed by atoms with van der Waals surface area (Å²) >= 11 is 0. The van der Waals surface area contributed by atoms with Gasteiger partial charge in [-0.1, -0.05) is 6.08 Å². The Kier molecular flexibility index (Phi) is 3.52. The van der Waals surface area contributed by atoms with E-state index >= 15 is 0 Å². The van der Waals surface area contributed by atoms with Crippen molar-refractivity contribution in [1.82, 2.24) is 0 Å². The van der Waals surface area contributed by atoms with Crippen LogP contribution in [0.4, 0.5) is 0 Å². The number of hydrogen-bond acceptors (Lipinski definition) is 4. The second-order valence-electron chi connectivity index (χ2n) is 3.88. The number of rotatable bonds is 4. The van der Waals surface area contributed by atoms with Crippen molar-refractivity contribution in [2.24, 2.45) is 0 Å². The predicted molar refractivity (Wildman–Crippen MR) is 62.8 cm³/mol. The Morgan fingerprint density at radius 2 is 2.24 bits per heavy atom. The maximum absolute atomic E-state index is 11.4. The lowest BCUT2D eigenvalue weighted by Gasteiger charge is -2.11. The third-order valence-corrected chi connectivity index (χ3v) is 2.59. The van der Waals surface area contributed by atoms with Crippen LogP contribution in [-0.2, 0) is 9.53 Å². The van der Waals surface area contributed by atoms with Crippen molar-refractivity contribution in [1.29, 1.82) is 0 Å². The maximum Gasteiger partial charge on any atom is 0.347 e. The Morgan fingerprint density at radius 3 is 3.00 bits per heavy atom. The molecule has 1 aliphatic carbocycles. The van der Waals surface area contributed by atoms with E-state index in [4.69, 9.17) is 13.9 Å². The van der Waals surface area contributed by atoms with Crippen molar-refractivity contribution >= 4 is 18.1 Å². The van der Waals surface area contributed by atoms with Crippen LogP contribution in [0.1, 0.15) is 26.7 Å². The Bertz CT molecular complexity index is 512. The molecule has 0 amide bonds. The highest BCUT2D eigenvalue weighted by atomic mass is 16.6. The van der Waals surface area contributed by atoms with E-state index in [2.05, 4.69) is 6.08 Å². The first-order valence-electron chi connectivity index (χ1n) is 5.83. The monoisotopic (exact) mass is 236 g/mol. The summed E-state index contributed by atoms with van der Waals surface area (Å²) in [6.45, 7) is 3.80. The van der Waals surface area contributed by atoms with Gasteiger partial charge in [0.05, 0.1) is 11.8 Å². The second kappa shape index (κ2) is 5.08. The molecule has 0 aliphatic heterocycles. The average molecular weight is 236 g/mol. The molecule has 4 nitrogen and oxygen atoms in total. The van der Waals surface area contributed by atoms with Crippen molar-refractivity contribution in [3.63, 3.8) is 0 Å². The second-order valence-corrected chi connectivity index (χ2v) is 3.88. The van der Waals surface area contributed by atoms with Gasteiger partial charge < -0.3 is 13.9 Å². The number of hydrogen-bond donors (Lipinski definition) is 0. The van der Waals surface area contributed by atoms with E-state index in [9.17, 15) is 4.79 Å². The summed E-state index contributed by atoms with van der Waals surface area (Å²) in [4.78, 5) is 11.4. The molecule has 1 atom stereocenters. The molecule has 1 aromatic heterocycles. The van der Waals surface area contributed by atoms with E-state index in [-0.39, 0.29) is 5.97 Å². The molecule has 0 saturated heterocycles. The van der Waals surface area contributed by atoms with E-state index in [0.29, 0.717) is 12.4 Å². The van der Waals surface area contributed by atoms with Gasteiger partial charge in [-0.25, -0.2) is 4.79 Å². The number of ether oxygens (including phenoxy) is 2. The van der Waals surface area contributed by atoms with Crippen molar-refractivity contribution in [2.45, 2.75) is 32.8 Å². The molecule has 0 radical (unpaired) electrons. The van der Waals surface area contributed by atoms with Crippen LogP contribution in [0.15, 0.2) is 10.7 Å². The summed E-state index contributed by atoms with van der Waals surface area (Å²) in [6, 6.07) is 0. The zero-order chi connectivity index (χ0) is 12.3. The first kappa shape index (κ1) is 11.8. The van der Waals surface area contributed by atoms with E-state index < -0.39 is 6.10 Å². The molecule has 0 fully saturated rings. The maximum atomic E-state index is 11.4. The number of carbonyl (C=O) groups is 1. The van der Waals surface area contributed by atoms with E-state index in [0.717, 1.165) is 23.5 Å². The first-order valence-corrected chi connectivity index (χ1v) is 5.83. The summed E-state index contributed by atoms with van der Waals surface area (Å²) in [7, 11) is 0. The number of esters is 1. The minimum Gasteiger partial charge on any atom is -0.475 e. The first-order chi connectivity index (χ1) is 8.22. The molecule has 1 unspecified atom stereocenters. The van der Waals surface area contributed by atoms with Gasteiger partial charge in [0, 0.05) is 0 Å². The van der Waals surface area contributed by atoms with Gasteiger partial charge in [-0.3, -0.25) is 0 Å². The Hall–Kier alpha value is -1.71. The zero-order valence-electron chi connectivity index (χ0n) is 10.1.